The molecule has 2 nitrogen and oxygen atoms in total. The van der Waals surface area contributed by atoms with Crippen molar-refractivity contribution in [3.8, 4) is 0 Å². The number of hydrogen-bond donors (Lipinski definition) is 1. The zero-order valence-electron chi connectivity index (χ0n) is 9.22. The van der Waals surface area contributed by atoms with E-state index >= 15 is 0 Å². The molecule has 1 aromatic carbocycles. The molecular formula is C13H14ClNO. The Morgan fingerprint density at radius 2 is 2.31 bits per heavy atom. The Balaban J connectivity index is 2.13. The van der Waals surface area contributed by atoms with Gasteiger partial charge in [-0.2, -0.15) is 0 Å². The van der Waals surface area contributed by atoms with Crippen molar-refractivity contribution in [1.29, 1.82) is 0 Å². The predicted molar refractivity (Wildman–Crippen MR) is 67.6 cm³/mol. The zero-order valence-corrected chi connectivity index (χ0v) is 9.97. The fourth-order valence-electron chi connectivity index (χ4n) is 1.62. The minimum atomic E-state index is 0.548. The molecular weight excluding hydrogens is 222 g/mol. The molecule has 0 saturated carbocycles. The van der Waals surface area contributed by atoms with Crippen LogP contribution in [0.25, 0.3) is 0 Å². The van der Waals surface area contributed by atoms with Gasteiger partial charge in [0.05, 0.1) is 5.70 Å². The molecule has 0 bridgehead atoms. The van der Waals surface area contributed by atoms with Crippen LogP contribution in [0.4, 0.5) is 5.69 Å². The van der Waals surface area contributed by atoms with Crippen LogP contribution in [0.1, 0.15) is 12.5 Å². The quantitative estimate of drug-likeness (QED) is 0.862. The zero-order chi connectivity index (χ0) is 11.5. The first kappa shape index (κ1) is 11.1. The summed E-state index contributed by atoms with van der Waals surface area (Å²) in [7, 11) is 0. The van der Waals surface area contributed by atoms with Crippen molar-refractivity contribution in [2.75, 3.05) is 11.9 Å². The lowest BCUT2D eigenvalue weighted by Crippen LogP contribution is -2.01. The third kappa shape index (κ3) is 2.39. The van der Waals surface area contributed by atoms with Crippen molar-refractivity contribution in [3.63, 3.8) is 0 Å². The number of allylic oxidation sites excluding steroid dienone is 1. The Morgan fingerprint density at radius 3 is 2.88 bits per heavy atom. The van der Waals surface area contributed by atoms with E-state index in [2.05, 4.69) is 18.8 Å². The second-order valence-corrected chi connectivity index (χ2v) is 4.12. The van der Waals surface area contributed by atoms with E-state index in [1.54, 1.807) is 0 Å². The molecule has 0 amide bonds. The number of rotatable bonds is 3. The van der Waals surface area contributed by atoms with Gasteiger partial charge >= 0.3 is 0 Å². The van der Waals surface area contributed by atoms with Crippen molar-refractivity contribution in [3.05, 3.63) is 52.9 Å². The number of hydrogen-bond acceptors (Lipinski definition) is 2. The lowest BCUT2D eigenvalue weighted by atomic mass is 10.1. The molecule has 0 radical (unpaired) electrons. The minimum Gasteiger partial charge on any atom is -0.488 e. The summed E-state index contributed by atoms with van der Waals surface area (Å²) in [5.74, 6) is 0.693. The van der Waals surface area contributed by atoms with Crippen molar-refractivity contribution in [2.24, 2.45) is 0 Å². The standard InChI is InChI=1S/C13H14ClNO/c1-3-10-4-5-11(7-13(10)14)15-12-6-9(2)16-8-12/h4-7,15H,2-3,8H2,1H3. The van der Waals surface area contributed by atoms with Crippen LogP contribution in [0.2, 0.25) is 5.02 Å². The second kappa shape index (κ2) is 4.62. The maximum absolute atomic E-state index is 6.14. The van der Waals surface area contributed by atoms with Gasteiger partial charge in [-0.05, 0) is 24.1 Å². The highest BCUT2D eigenvalue weighted by atomic mass is 35.5. The third-order valence-electron chi connectivity index (χ3n) is 2.49. The van der Waals surface area contributed by atoms with E-state index < -0.39 is 0 Å². The molecule has 0 aromatic heterocycles. The van der Waals surface area contributed by atoms with Gasteiger partial charge in [-0.3, -0.25) is 0 Å². The van der Waals surface area contributed by atoms with Crippen LogP contribution >= 0.6 is 11.6 Å². The van der Waals surface area contributed by atoms with E-state index in [4.69, 9.17) is 16.3 Å². The molecule has 1 aromatic rings. The molecule has 1 heterocycles. The van der Waals surface area contributed by atoms with Gasteiger partial charge < -0.3 is 10.1 Å². The van der Waals surface area contributed by atoms with Gasteiger partial charge in [0.2, 0.25) is 0 Å². The van der Waals surface area contributed by atoms with Crippen molar-refractivity contribution >= 4 is 17.3 Å². The molecule has 3 heteroatoms. The second-order valence-electron chi connectivity index (χ2n) is 3.71. The number of aryl methyl sites for hydroxylation is 1. The van der Waals surface area contributed by atoms with Crippen LogP contribution in [0.3, 0.4) is 0 Å². The van der Waals surface area contributed by atoms with Crippen molar-refractivity contribution in [2.45, 2.75) is 13.3 Å². The number of benzene rings is 1. The van der Waals surface area contributed by atoms with Crippen LogP contribution in [0.5, 0.6) is 0 Å². The van der Waals surface area contributed by atoms with Gasteiger partial charge in [-0.15, -0.1) is 0 Å². The van der Waals surface area contributed by atoms with E-state index in [-0.39, 0.29) is 0 Å². The minimum absolute atomic E-state index is 0.548. The summed E-state index contributed by atoms with van der Waals surface area (Å²) in [4.78, 5) is 0. The lowest BCUT2D eigenvalue weighted by molar-refractivity contribution is 0.275. The van der Waals surface area contributed by atoms with E-state index in [1.165, 1.54) is 0 Å². The van der Waals surface area contributed by atoms with Crippen LogP contribution in [-0.4, -0.2) is 6.61 Å². The average Bonchev–Trinajstić information content (AvgIpc) is 2.64. The van der Waals surface area contributed by atoms with Gasteiger partial charge in [-0.1, -0.05) is 31.2 Å². The molecule has 0 saturated heterocycles. The van der Waals surface area contributed by atoms with Gasteiger partial charge in [0, 0.05) is 16.8 Å². The average molecular weight is 236 g/mol. The lowest BCUT2D eigenvalue weighted by Gasteiger charge is -2.08. The summed E-state index contributed by atoms with van der Waals surface area (Å²) in [6, 6.07) is 5.99. The predicted octanol–water partition coefficient (Wildman–Crippen LogP) is 3.74. The third-order valence-corrected chi connectivity index (χ3v) is 2.84. The molecule has 1 aliphatic rings. The summed E-state index contributed by atoms with van der Waals surface area (Å²) in [6.07, 6.45) is 2.84. The fourth-order valence-corrected chi connectivity index (χ4v) is 1.93. The summed E-state index contributed by atoms with van der Waals surface area (Å²) in [6.45, 7) is 6.36. The molecule has 1 aliphatic heterocycles. The maximum atomic E-state index is 6.14. The molecule has 84 valence electrons. The normalized spacial score (nSPS) is 14.6. The topological polar surface area (TPSA) is 21.3 Å². The van der Waals surface area contributed by atoms with E-state index in [0.717, 1.165) is 28.4 Å². The van der Waals surface area contributed by atoms with Crippen LogP contribution in [0, 0.1) is 0 Å². The van der Waals surface area contributed by atoms with Crippen molar-refractivity contribution < 1.29 is 4.74 Å². The number of ether oxygens (including phenoxy) is 1. The number of anilines is 1. The molecule has 0 atom stereocenters. The molecule has 2 rings (SSSR count). The molecule has 0 spiro atoms. The monoisotopic (exact) mass is 235 g/mol. The maximum Gasteiger partial charge on any atom is 0.128 e. The number of nitrogens with one attached hydrogen (secondary N) is 1. The molecule has 0 aliphatic carbocycles. The number of halogens is 1. The smallest absolute Gasteiger partial charge is 0.128 e. The first-order valence-corrected chi connectivity index (χ1v) is 5.64. The highest BCUT2D eigenvalue weighted by Crippen LogP contribution is 2.23. The molecule has 1 N–H and O–H groups in total. The Morgan fingerprint density at radius 1 is 1.50 bits per heavy atom. The summed E-state index contributed by atoms with van der Waals surface area (Å²) in [5, 5.41) is 4.05. The van der Waals surface area contributed by atoms with E-state index in [0.29, 0.717) is 12.4 Å². The Hall–Kier alpha value is -1.41. The van der Waals surface area contributed by atoms with Gasteiger partial charge in [-0.25, -0.2) is 0 Å². The van der Waals surface area contributed by atoms with Crippen molar-refractivity contribution in [1.82, 2.24) is 0 Å². The summed E-state index contributed by atoms with van der Waals surface area (Å²) in [5.41, 5.74) is 3.14. The Labute approximate surface area is 101 Å². The Bertz CT molecular complexity index is 451. The SMILES string of the molecule is C=C1C=C(Nc2ccc(CC)c(Cl)c2)CO1. The molecule has 0 fully saturated rings. The highest BCUT2D eigenvalue weighted by molar-refractivity contribution is 6.31. The molecule has 16 heavy (non-hydrogen) atoms. The van der Waals surface area contributed by atoms with E-state index in [1.807, 2.05) is 24.3 Å². The summed E-state index contributed by atoms with van der Waals surface area (Å²) >= 11 is 6.14. The van der Waals surface area contributed by atoms with Gasteiger partial charge in [0.15, 0.2) is 0 Å². The molecule has 0 unspecified atom stereocenters. The van der Waals surface area contributed by atoms with E-state index in [9.17, 15) is 0 Å². The van der Waals surface area contributed by atoms with Crippen LogP contribution in [0.15, 0.2) is 42.3 Å². The van der Waals surface area contributed by atoms with Gasteiger partial charge in [0.1, 0.15) is 12.4 Å². The summed E-state index contributed by atoms with van der Waals surface area (Å²) < 4.78 is 5.23. The van der Waals surface area contributed by atoms with Gasteiger partial charge in [0.25, 0.3) is 0 Å². The Kier molecular flexibility index (Phi) is 3.20. The van der Waals surface area contributed by atoms with Crippen LogP contribution < -0.4 is 5.32 Å². The first-order chi connectivity index (χ1) is 7.69. The fraction of sp³-hybridized carbons (Fsp3) is 0.231. The highest BCUT2D eigenvalue weighted by Gasteiger charge is 2.08. The first-order valence-electron chi connectivity index (χ1n) is 5.26. The van der Waals surface area contributed by atoms with Crippen LogP contribution in [-0.2, 0) is 11.2 Å². The largest absolute Gasteiger partial charge is 0.488 e.